The van der Waals surface area contributed by atoms with Gasteiger partial charge >= 0.3 is 0 Å². The maximum absolute atomic E-state index is 13.6. The molecule has 0 aliphatic carbocycles. The summed E-state index contributed by atoms with van der Waals surface area (Å²) in [5, 5.41) is 5.24. The first-order chi connectivity index (χ1) is 29.3. The van der Waals surface area contributed by atoms with Crippen LogP contribution in [0.5, 0.6) is 0 Å². The van der Waals surface area contributed by atoms with Gasteiger partial charge in [0.15, 0.2) is 0 Å². The van der Waals surface area contributed by atoms with E-state index >= 15 is 0 Å². The number of furan rings is 2. The molecule has 4 nitrogen and oxygen atoms in total. The van der Waals surface area contributed by atoms with Gasteiger partial charge in [0, 0.05) is 57.5 Å². The van der Waals surface area contributed by atoms with Gasteiger partial charge in [0.25, 0.3) is 0 Å². The number of pyridine rings is 2. The summed E-state index contributed by atoms with van der Waals surface area (Å²) in [5.74, 6) is -0.363. The number of nitrogens with zero attached hydrogens (tertiary/aromatic N) is 2. The number of hydrogen-bond acceptors (Lipinski definition) is 4. The summed E-state index contributed by atoms with van der Waals surface area (Å²) in [7, 11) is -1.39. The van der Waals surface area contributed by atoms with E-state index in [2.05, 4.69) is 117 Å². The number of hydrogen-bond donors (Lipinski definition) is 0. The Balaban J connectivity index is 0.000000169. The van der Waals surface area contributed by atoms with Gasteiger partial charge in [0.1, 0.15) is 17.0 Å². The Bertz CT molecular complexity index is 3200. The van der Waals surface area contributed by atoms with E-state index in [0.717, 1.165) is 44.0 Å². The van der Waals surface area contributed by atoms with Gasteiger partial charge in [-0.15, -0.1) is 36.4 Å². The third kappa shape index (κ3) is 8.01. The topological polar surface area (TPSA) is 52.1 Å². The number of halogens is 1. The van der Waals surface area contributed by atoms with E-state index < -0.39 is 14.4 Å². The van der Waals surface area contributed by atoms with E-state index in [4.69, 9.17) is 16.6 Å². The maximum atomic E-state index is 13.6. The molecule has 4 aromatic heterocycles. The second-order valence-corrected chi connectivity index (χ2v) is 21.4. The molecule has 0 aliphatic heterocycles. The molecule has 10 aromatic rings. The van der Waals surface area contributed by atoms with Crippen molar-refractivity contribution < 1.29 is 36.1 Å². The van der Waals surface area contributed by atoms with Crippen LogP contribution in [0, 0.1) is 17.9 Å². The molecular formula is C53H43FIrN2O2Si-2. The van der Waals surface area contributed by atoms with Gasteiger partial charge in [0.05, 0.1) is 19.2 Å². The summed E-state index contributed by atoms with van der Waals surface area (Å²) in [6.07, 6.45) is 1.93. The molecule has 0 spiro atoms. The largest absolute Gasteiger partial charge is 0.501 e. The van der Waals surface area contributed by atoms with Crippen LogP contribution in [0.15, 0.2) is 167 Å². The van der Waals surface area contributed by atoms with Gasteiger partial charge < -0.3 is 18.8 Å². The van der Waals surface area contributed by atoms with Gasteiger partial charge in [-0.05, 0) is 69.5 Å². The summed E-state index contributed by atoms with van der Waals surface area (Å²) in [5.41, 5.74) is 9.22. The molecule has 299 valence electrons. The Hall–Kier alpha value is -5.98. The minimum atomic E-state index is -1.68. The monoisotopic (exact) mass is 981 g/mol. The van der Waals surface area contributed by atoms with Crippen LogP contribution in [0.3, 0.4) is 0 Å². The summed E-state index contributed by atoms with van der Waals surface area (Å²) in [6, 6.07) is 52.6. The van der Waals surface area contributed by atoms with E-state index in [0.29, 0.717) is 33.6 Å². The molecule has 0 atom stereocenters. The van der Waals surface area contributed by atoms with Crippen molar-refractivity contribution in [3.8, 4) is 22.5 Å². The summed E-state index contributed by atoms with van der Waals surface area (Å²) in [4.78, 5) is 9.20. The zero-order chi connectivity index (χ0) is 42.5. The first-order valence-corrected chi connectivity index (χ1v) is 23.2. The standard InChI is InChI=1S/C29H28NOSi.C24H15FNO.Ir/c1-29(2,20-10-7-6-8-11-20)21-14-16-23-24-12-9-13-25(28(24)31-27(23)18-21)26-17-15-22(19-30-26)32(3,4)5;25-18-9-10-19-20-7-4-8-21(24(20)27-23(19)15-18)22-14-17(11-12-26-22)13-16-5-2-1-3-6-16;/h6-12,14-19H,1-5H3;1-7,9-12,14-15H,13H2;/q2*-1;/i;13D2;. The molecule has 7 heteroatoms. The van der Waals surface area contributed by atoms with E-state index in [9.17, 15) is 4.39 Å². The van der Waals surface area contributed by atoms with Crippen LogP contribution < -0.4 is 5.19 Å². The molecule has 0 bridgehead atoms. The zero-order valence-electron chi connectivity index (χ0n) is 35.9. The first kappa shape index (κ1) is 38.2. The van der Waals surface area contributed by atoms with Crippen LogP contribution >= 0.6 is 0 Å². The van der Waals surface area contributed by atoms with Gasteiger partial charge in [0.2, 0.25) is 0 Å². The minimum absolute atomic E-state index is 0. The quantitative estimate of drug-likeness (QED) is 0.118. The predicted octanol–water partition coefficient (Wildman–Crippen LogP) is 13.5. The molecule has 0 aliphatic rings. The van der Waals surface area contributed by atoms with Crippen LogP contribution in [-0.2, 0) is 31.9 Å². The third-order valence-corrected chi connectivity index (χ3v) is 13.0. The SMILES string of the molecule is CC(C)(c1ccccc1)c1ccc2c(c1)oc1c(-c3ccc([Si](C)(C)C)cn3)[c-]ccc12.[2H]C([2H])(c1ccccc1)c1ccnc(-c2[c-]ccc3c2oc2cc(F)ccc23)c1.[Ir]. The molecule has 0 N–H and O–H groups in total. The van der Waals surface area contributed by atoms with E-state index in [1.54, 1.807) is 42.6 Å². The summed E-state index contributed by atoms with van der Waals surface area (Å²) < 4.78 is 43.2. The van der Waals surface area contributed by atoms with Crippen molar-refractivity contribution >= 4 is 57.1 Å². The fourth-order valence-electron chi connectivity index (χ4n) is 7.57. The Morgan fingerprint density at radius 1 is 0.617 bits per heavy atom. The predicted molar refractivity (Wildman–Crippen MR) is 242 cm³/mol. The first-order valence-electron chi connectivity index (χ1n) is 20.7. The minimum Gasteiger partial charge on any atom is -0.501 e. The summed E-state index contributed by atoms with van der Waals surface area (Å²) >= 11 is 0. The van der Waals surface area contributed by atoms with Crippen LogP contribution in [0.4, 0.5) is 4.39 Å². The molecule has 0 unspecified atom stereocenters. The molecule has 60 heavy (non-hydrogen) atoms. The van der Waals surface area contributed by atoms with Gasteiger partial charge in [-0.25, -0.2) is 4.39 Å². The normalized spacial score (nSPS) is 12.5. The Kier molecular flexibility index (Phi) is 10.6. The second kappa shape index (κ2) is 16.6. The molecule has 0 saturated heterocycles. The van der Waals surface area contributed by atoms with Gasteiger partial charge in [-0.1, -0.05) is 146 Å². The zero-order valence-corrected chi connectivity index (χ0v) is 37.3. The molecule has 0 fully saturated rings. The van der Waals surface area contributed by atoms with Crippen molar-refractivity contribution in [2.45, 2.75) is 45.3 Å². The number of fused-ring (bicyclic) bond motifs is 6. The molecule has 1 radical (unpaired) electrons. The molecule has 0 saturated carbocycles. The van der Waals surface area contributed by atoms with Crippen molar-refractivity contribution in [2.75, 3.05) is 0 Å². The Labute approximate surface area is 367 Å². The van der Waals surface area contributed by atoms with E-state index in [1.807, 2.05) is 36.5 Å². The van der Waals surface area contributed by atoms with Crippen molar-refractivity contribution in [1.29, 1.82) is 0 Å². The van der Waals surface area contributed by atoms with E-state index in [-0.39, 0.29) is 31.3 Å². The molecule has 0 amide bonds. The smallest absolute Gasteiger partial charge is 0.126 e. The van der Waals surface area contributed by atoms with Crippen LogP contribution in [0.1, 0.15) is 38.8 Å². The average molecular weight is 981 g/mol. The van der Waals surface area contributed by atoms with Crippen molar-refractivity contribution in [1.82, 2.24) is 9.97 Å². The maximum Gasteiger partial charge on any atom is 0.126 e. The van der Waals surface area contributed by atoms with Crippen LogP contribution in [0.25, 0.3) is 66.4 Å². The van der Waals surface area contributed by atoms with Gasteiger partial charge in [-0.2, -0.15) is 0 Å². The number of aromatic nitrogens is 2. The molecule has 10 rings (SSSR count). The van der Waals surface area contributed by atoms with E-state index in [1.165, 1.54) is 28.4 Å². The molecule has 6 aromatic carbocycles. The Morgan fingerprint density at radius 2 is 1.23 bits per heavy atom. The van der Waals surface area contributed by atoms with Crippen LogP contribution in [0.2, 0.25) is 19.6 Å². The summed E-state index contributed by atoms with van der Waals surface area (Å²) in [6.45, 7) is 11.5. The fraction of sp³-hybridized carbons (Fsp3) is 0.132. The third-order valence-electron chi connectivity index (χ3n) is 11.0. The van der Waals surface area contributed by atoms with Crippen molar-refractivity contribution in [3.05, 3.63) is 198 Å². The molecule has 4 heterocycles. The van der Waals surface area contributed by atoms with Crippen molar-refractivity contribution in [3.63, 3.8) is 0 Å². The Morgan fingerprint density at radius 3 is 1.87 bits per heavy atom. The second-order valence-electron chi connectivity index (χ2n) is 16.3. The fourth-order valence-corrected chi connectivity index (χ4v) is 8.60. The number of benzene rings is 6. The number of rotatable bonds is 7. The molecular weight excluding hydrogens is 936 g/mol. The van der Waals surface area contributed by atoms with Crippen molar-refractivity contribution in [2.24, 2.45) is 0 Å². The van der Waals surface area contributed by atoms with Crippen LogP contribution in [-0.4, -0.2) is 18.0 Å². The van der Waals surface area contributed by atoms with Gasteiger partial charge in [-0.3, -0.25) is 0 Å². The average Bonchev–Trinajstić information content (AvgIpc) is 3.85.